The van der Waals surface area contributed by atoms with E-state index in [1.165, 1.54) is 5.56 Å². The lowest BCUT2D eigenvalue weighted by molar-refractivity contribution is -0.126. The summed E-state index contributed by atoms with van der Waals surface area (Å²) < 4.78 is 0. The van der Waals surface area contributed by atoms with Crippen LogP contribution in [0.4, 0.5) is 0 Å². The van der Waals surface area contributed by atoms with Gasteiger partial charge in [0.2, 0.25) is 0 Å². The SMILES string of the molecule is CC(C)CN(C)C(=O)C1=CC(c2ccnc3[nH]ccc23)CN1. The Morgan fingerprint density at radius 2 is 2.27 bits per heavy atom. The fourth-order valence-electron chi connectivity index (χ4n) is 3.03. The molecular weight excluding hydrogens is 276 g/mol. The Morgan fingerprint density at radius 1 is 1.45 bits per heavy atom. The van der Waals surface area contributed by atoms with Crippen molar-refractivity contribution in [1.82, 2.24) is 20.2 Å². The Kier molecular flexibility index (Phi) is 3.88. The lowest BCUT2D eigenvalue weighted by Gasteiger charge is -2.19. The monoisotopic (exact) mass is 298 g/mol. The Balaban J connectivity index is 1.82. The van der Waals surface area contributed by atoms with Crippen LogP contribution >= 0.6 is 0 Å². The van der Waals surface area contributed by atoms with E-state index in [1.54, 1.807) is 4.90 Å². The molecule has 2 aromatic rings. The van der Waals surface area contributed by atoms with Crippen molar-refractivity contribution in [2.24, 2.45) is 5.92 Å². The molecule has 116 valence electrons. The second-order valence-corrected chi connectivity index (χ2v) is 6.29. The quantitative estimate of drug-likeness (QED) is 0.910. The Morgan fingerprint density at radius 3 is 3.05 bits per heavy atom. The van der Waals surface area contributed by atoms with Crippen LogP contribution in [-0.4, -0.2) is 40.9 Å². The number of aromatic nitrogens is 2. The van der Waals surface area contributed by atoms with E-state index >= 15 is 0 Å². The van der Waals surface area contributed by atoms with Gasteiger partial charge in [0.25, 0.3) is 5.91 Å². The number of nitrogens with one attached hydrogen (secondary N) is 2. The van der Waals surface area contributed by atoms with E-state index in [1.807, 2.05) is 37.7 Å². The van der Waals surface area contributed by atoms with Crippen LogP contribution in [0.3, 0.4) is 0 Å². The van der Waals surface area contributed by atoms with Crippen LogP contribution in [0, 0.1) is 5.92 Å². The molecule has 0 aliphatic carbocycles. The first-order valence-corrected chi connectivity index (χ1v) is 7.69. The zero-order valence-electron chi connectivity index (χ0n) is 13.3. The molecule has 0 fully saturated rings. The summed E-state index contributed by atoms with van der Waals surface area (Å²) in [4.78, 5) is 21.7. The summed E-state index contributed by atoms with van der Waals surface area (Å²) in [7, 11) is 1.86. The van der Waals surface area contributed by atoms with E-state index < -0.39 is 0 Å². The predicted octanol–water partition coefficient (Wildman–Crippen LogP) is 2.25. The lowest BCUT2D eigenvalue weighted by atomic mass is 9.98. The maximum absolute atomic E-state index is 12.4. The van der Waals surface area contributed by atoms with Crippen LogP contribution in [0.5, 0.6) is 0 Å². The van der Waals surface area contributed by atoms with Gasteiger partial charge >= 0.3 is 0 Å². The van der Waals surface area contributed by atoms with Gasteiger partial charge in [-0.3, -0.25) is 4.79 Å². The van der Waals surface area contributed by atoms with Gasteiger partial charge in [-0.25, -0.2) is 4.98 Å². The summed E-state index contributed by atoms with van der Waals surface area (Å²) in [5.41, 5.74) is 2.80. The summed E-state index contributed by atoms with van der Waals surface area (Å²) in [6.07, 6.45) is 5.75. The van der Waals surface area contributed by atoms with E-state index in [0.717, 1.165) is 24.1 Å². The fourth-order valence-corrected chi connectivity index (χ4v) is 3.03. The molecule has 5 heteroatoms. The molecule has 22 heavy (non-hydrogen) atoms. The van der Waals surface area contributed by atoms with Crippen molar-refractivity contribution in [2.45, 2.75) is 19.8 Å². The molecule has 0 bridgehead atoms. The third-order valence-corrected chi connectivity index (χ3v) is 3.99. The first-order chi connectivity index (χ1) is 10.6. The molecule has 0 saturated carbocycles. The largest absolute Gasteiger partial charge is 0.380 e. The van der Waals surface area contributed by atoms with Crippen LogP contribution in [0.25, 0.3) is 11.0 Å². The van der Waals surface area contributed by atoms with Crippen LogP contribution < -0.4 is 5.32 Å². The summed E-state index contributed by atoms with van der Waals surface area (Å²) in [6.45, 7) is 5.74. The molecule has 5 nitrogen and oxygen atoms in total. The summed E-state index contributed by atoms with van der Waals surface area (Å²) in [5.74, 6) is 0.731. The number of hydrogen-bond acceptors (Lipinski definition) is 3. The van der Waals surface area contributed by atoms with Gasteiger partial charge in [-0.15, -0.1) is 0 Å². The highest BCUT2D eigenvalue weighted by atomic mass is 16.2. The normalized spacial score (nSPS) is 17.6. The maximum atomic E-state index is 12.4. The maximum Gasteiger partial charge on any atom is 0.269 e. The molecule has 2 aromatic heterocycles. The molecule has 0 saturated heterocycles. The Hall–Kier alpha value is -2.30. The number of hydrogen-bond donors (Lipinski definition) is 2. The van der Waals surface area contributed by atoms with Crippen LogP contribution in [0.15, 0.2) is 36.3 Å². The van der Waals surface area contributed by atoms with Crippen molar-refractivity contribution in [1.29, 1.82) is 0 Å². The van der Waals surface area contributed by atoms with Gasteiger partial charge in [-0.2, -0.15) is 0 Å². The van der Waals surface area contributed by atoms with Gasteiger partial charge in [0.05, 0.1) is 5.70 Å². The first-order valence-electron chi connectivity index (χ1n) is 7.69. The molecule has 1 aliphatic heterocycles. The molecule has 1 aliphatic rings. The number of aromatic amines is 1. The van der Waals surface area contributed by atoms with Gasteiger partial charge in [-0.1, -0.05) is 13.8 Å². The molecule has 0 aromatic carbocycles. The topological polar surface area (TPSA) is 61.0 Å². The standard InChI is InChI=1S/C17H22N4O/c1-11(2)10-21(3)17(22)15-8-12(9-20-15)13-4-6-18-16-14(13)5-7-19-16/h4-8,11-12,20H,9-10H2,1-3H3,(H,18,19). The number of carbonyl (C=O) groups is 1. The molecule has 2 N–H and O–H groups in total. The highest BCUT2D eigenvalue weighted by Crippen LogP contribution is 2.28. The molecule has 3 rings (SSSR count). The molecule has 3 heterocycles. The third kappa shape index (κ3) is 2.71. The number of carbonyl (C=O) groups excluding carboxylic acids is 1. The van der Waals surface area contributed by atoms with Gasteiger partial charge in [0.15, 0.2) is 0 Å². The van der Waals surface area contributed by atoms with E-state index in [9.17, 15) is 4.79 Å². The number of likely N-dealkylation sites (N-methyl/N-ethyl adjacent to an activating group) is 1. The number of H-pyrrole nitrogens is 1. The number of pyridine rings is 1. The van der Waals surface area contributed by atoms with Crippen molar-refractivity contribution < 1.29 is 4.79 Å². The molecule has 1 atom stereocenters. The second kappa shape index (κ2) is 5.83. The number of amides is 1. The smallest absolute Gasteiger partial charge is 0.269 e. The Bertz CT molecular complexity index is 716. The molecular formula is C17H22N4O. The van der Waals surface area contributed by atoms with E-state index in [-0.39, 0.29) is 11.8 Å². The van der Waals surface area contributed by atoms with Crippen molar-refractivity contribution in [3.63, 3.8) is 0 Å². The lowest BCUT2D eigenvalue weighted by Crippen LogP contribution is -2.34. The van der Waals surface area contributed by atoms with Crippen molar-refractivity contribution in [3.05, 3.63) is 41.9 Å². The zero-order valence-corrected chi connectivity index (χ0v) is 13.3. The summed E-state index contributed by atoms with van der Waals surface area (Å²) >= 11 is 0. The number of nitrogens with zero attached hydrogens (tertiary/aromatic N) is 2. The fraction of sp³-hybridized carbons (Fsp3) is 0.412. The summed E-state index contributed by atoms with van der Waals surface area (Å²) in [6, 6.07) is 4.07. The van der Waals surface area contributed by atoms with Crippen LogP contribution in [0.2, 0.25) is 0 Å². The van der Waals surface area contributed by atoms with E-state index in [4.69, 9.17) is 0 Å². The van der Waals surface area contributed by atoms with Gasteiger partial charge in [-0.05, 0) is 29.7 Å². The Labute approximate surface area is 130 Å². The van der Waals surface area contributed by atoms with E-state index in [0.29, 0.717) is 11.6 Å². The minimum Gasteiger partial charge on any atom is -0.380 e. The molecule has 0 spiro atoms. The minimum atomic E-state index is 0.0653. The molecule has 0 radical (unpaired) electrons. The van der Waals surface area contributed by atoms with Crippen molar-refractivity contribution >= 4 is 16.9 Å². The second-order valence-electron chi connectivity index (χ2n) is 6.29. The van der Waals surface area contributed by atoms with Crippen LogP contribution in [-0.2, 0) is 4.79 Å². The van der Waals surface area contributed by atoms with Gasteiger partial charge in [0.1, 0.15) is 5.65 Å². The molecule has 1 unspecified atom stereocenters. The van der Waals surface area contributed by atoms with Crippen molar-refractivity contribution in [2.75, 3.05) is 20.1 Å². The van der Waals surface area contributed by atoms with Crippen molar-refractivity contribution in [3.8, 4) is 0 Å². The highest BCUT2D eigenvalue weighted by molar-refractivity contribution is 5.93. The summed E-state index contributed by atoms with van der Waals surface area (Å²) in [5, 5.41) is 4.38. The average Bonchev–Trinajstić information content (AvgIpc) is 3.14. The third-order valence-electron chi connectivity index (χ3n) is 3.99. The van der Waals surface area contributed by atoms with Gasteiger partial charge in [0, 0.05) is 43.8 Å². The first kappa shape index (κ1) is 14.6. The highest BCUT2D eigenvalue weighted by Gasteiger charge is 2.25. The van der Waals surface area contributed by atoms with Gasteiger partial charge < -0.3 is 15.2 Å². The molecule has 1 amide bonds. The average molecular weight is 298 g/mol. The zero-order chi connectivity index (χ0) is 15.7. The van der Waals surface area contributed by atoms with Crippen LogP contribution in [0.1, 0.15) is 25.3 Å². The number of fused-ring (bicyclic) bond motifs is 1. The number of rotatable bonds is 4. The van der Waals surface area contributed by atoms with E-state index in [2.05, 4.69) is 29.1 Å². The minimum absolute atomic E-state index is 0.0653. The predicted molar refractivity (Wildman–Crippen MR) is 87.4 cm³/mol.